The van der Waals surface area contributed by atoms with Crippen molar-refractivity contribution in [2.45, 2.75) is 6.42 Å². The van der Waals surface area contributed by atoms with Crippen LogP contribution in [-0.2, 0) is 0 Å². The van der Waals surface area contributed by atoms with Gasteiger partial charge in [-0.2, -0.15) is 0 Å². The topological polar surface area (TPSA) is 3.24 Å². The maximum absolute atomic E-state index is 2.44. The second-order valence-electron chi connectivity index (χ2n) is 2.65. The number of hydrogen-bond donors (Lipinski definition) is 0. The lowest BCUT2D eigenvalue weighted by molar-refractivity contribution is 0.378. The Bertz CT molecular complexity index is 66.9. The average Bonchev–Trinajstić information content (AvgIpc) is 1.64. The molecule has 48 valence electrons. The summed E-state index contributed by atoms with van der Waals surface area (Å²) in [4.78, 5) is 2.44. The monoisotopic (exact) mass is 131 g/mol. The van der Waals surface area contributed by atoms with E-state index in [0.717, 1.165) is 0 Å². The third kappa shape index (κ3) is 1.72. The molecular weight excluding hydrogens is 117 g/mol. The summed E-state index contributed by atoms with van der Waals surface area (Å²) in [5, 5.41) is 0. The fraction of sp³-hybridized carbons (Fsp3) is 1.00. The minimum atomic E-state index is 0.395. The van der Waals surface area contributed by atoms with Gasteiger partial charge in [0.25, 0.3) is 0 Å². The van der Waals surface area contributed by atoms with Crippen molar-refractivity contribution in [2.75, 3.05) is 32.7 Å². The Hall–Kier alpha value is 0.390. The SMILES string of the molecule is CN1CCCP(C)C1. The van der Waals surface area contributed by atoms with Crippen LogP contribution in [0.3, 0.4) is 0 Å². The molecule has 1 unspecified atom stereocenters. The van der Waals surface area contributed by atoms with Gasteiger partial charge in [0.15, 0.2) is 0 Å². The summed E-state index contributed by atoms with van der Waals surface area (Å²) < 4.78 is 0. The molecule has 8 heavy (non-hydrogen) atoms. The summed E-state index contributed by atoms with van der Waals surface area (Å²) in [5.41, 5.74) is 0. The highest BCUT2D eigenvalue weighted by molar-refractivity contribution is 7.56. The molecule has 0 amide bonds. The van der Waals surface area contributed by atoms with Crippen LogP contribution in [0.5, 0.6) is 0 Å². The third-order valence-corrected chi connectivity index (χ3v) is 3.61. The van der Waals surface area contributed by atoms with Gasteiger partial charge in [-0.1, -0.05) is 7.92 Å². The number of nitrogens with zero attached hydrogens (tertiary/aromatic N) is 1. The van der Waals surface area contributed by atoms with Crippen molar-refractivity contribution >= 4 is 7.92 Å². The summed E-state index contributed by atoms with van der Waals surface area (Å²) in [6, 6.07) is 0. The van der Waals surface area contributed by atoms with Crippen LogP contribution < -0.4 is 0 Å². The lowest BCUT2D eigenvalue weighted by atomic mass is 10.4. The van der Waals surface area contributed by atoms with E-state index in [-0.39, 0.29) is 0 Å². The zero-order chi connectivity index (χ0) is 5.98. The summed E-state index contributed by atoms with van der Waals surface area (Å²) in [5.74, 6) is 0. The largest absolute Gasteiger partial charge is 0.302 e. The molecule has 1 nitrogen and oxygen atoms in total. The van der Waals surface area contributed by atoms with Gasteiger partial charge < -0.3 is 4.90 Å². The zero-order valence-electron chi connectivity index (χ0n) is 5.72. The van der Waals surface area contributed by atoms with E-state index in [0.29, 0.717) is 7.92 Å². The molecule has 0 N–H and O–H groups in total. The molecule has 0 spiro atoms. The van der Waals surface area contributed by atoms with Gasteiger partial charge in [-0.15, -0.1) is 0 Å². The predicted molar refractivity (Wildman–Crippen MR) is 39.8 cm³/mol. The zero-order valence-corrected chi connectivity index (χ0v) is 6.62. The van der Waals surface area contributed by atoms with Crippen LogP contribution in [0.25, 0.3) is 0 Å². The standard InChI is InChI=1S/C6H14NP/c1-7-4-3-5-8(2)6-7/h3-6H2,1-2H3. The maximum atomic E-state index is 2.44. The van der Waals surface area contributed by atoms with Crippen LogP contribution in [-0.4, -0.2) is 37.6 Å². The highest BCUT2D eigenvalue weighted by atomic mass is 31.1. The first-order valence-electron chi connectivity index (χ1n) is 3.16. The summed E-state index contributed by atoms with van der Waals surface area (Å²) in [7, 11) is 2.62. The van der Waals surface area contributed by atoms with E-state index in [2.05, 4.69) is 18.6 Å². The number of rotatable bonds is 0. The van der Waals surface area contributed by atoms with Crippen molar-refractivity contribution in [2.24, 2.45) is 0 Å². The Morgan fingerprint density at radius 2 is 2.25 bits per heavy atom. The predicted octanol–water partition coefficient (Wildman–Crippen LogP) is 1.39. The highest BCUT2D eigenvalue weighted by Crippen LogP contribution is 2.34. The van der Waals surface area contributed by atoms with Crippen molar-refractivity contribution in [1.29, 1.82) is 0 Å². The van der Waals surface area contributed by atoms with Crippen molar-refractivity contribution < 1.29 is 0 Å². The molecule has 2 heteroatoms. The molecule has 1 aliphatic rings. The number of hydrogen-bond acceptors (Lipinski definition) is 1. The molecule has 0 aromatic carbocycles. The lowest BCUT2D eigenvalue weighted by Crippen LogP contribution is -2.25. The van der Waals surface area contributed by atoms with Gasteiger partial charge in [0.1, 0.15) is 0 Å². The Balaban J connectivity index is 2.23. The van der Waals surface area contributed by atoms with Crippen LogP contribution in [0, 0.1) is 0 Å². The average molecular weight is 131 g/mol. The minimum absolute atomic E-state index is 0.395. The van der Waals surface area contributed by atoms with Gasteiger partial charge in [0.05, 0.1) is 0 Å². The van der Waals surface area contributed by atoms with Crippen LogP contribution in [0.1, 0.15) is 6.42 Å². The van der Waals surface area contributed by atoms with E-state index in [4.69, 9.17) is 0 Å². The molecule has 0 aromatic heterocycles. The molecule has 1 fully saturated rings. The van der Waals surface area contributed by atoms with E-state index in [1.165, 1.54) is 25.4 Å². The van der Waals surface area contributed by atoms with E-state index >= 15 is 0 Å². The smallest absolute Gasteiger partial charge is 0.0178 e. The first-order valence-corrected chi connectivity index (χ1v) is 5.32. The van der Waals surface area contributed by atoms with E-state index in [1.54, 1.807) is 0 Å². The molecule has 1 saturated heterocycles. The molecule has 0 radical (unpaired) electrons. The van der Waals surface area contributed by atoms with Gasteiger partial charge >= 0.3 is 0 Å². The Labute approximate surface area is 52.8 Å². The van der Waals surface area contributed by atoms with E-state index < -0.39 is 0 Å². The highest BCUT2D eigenvalue weighted by Gasteiger charge is 2.10. The van der Waals surface area contributed by atoms with Crippen molar-refractivity contribution in [3.05, 3.63) is 0 Å². The fourth-order valence-electron chi connectivity index (χ4n) is 1.16. The van der Waals surface area contributed by atoms with Crippen LogP contribution in [0.15, 0.2) is 0 Å². The van der Waals surface area contributed by atoms with Gasteiger partial charge in [0.2, 0.25) is 0 Å². The Morgan fingerprint density at radius 1 is 1.50 bits per heavy atom. The molecule has 1 atom stereocenters. The molecule has 1 aliphatic heterocycles. The van der Waals surface area contributed by atoms with Gasteiger partial charge in [-0.05, 0) is 32.8 Å². The van der Waals surface area contributed by atoms with E-state index in [1.807, 2.05) is 0 Å². The van der Waals surface area contributed by atoms with Crippen molar-refractivity contribution in [3.63, 3.8) is 0 Å². The molecule has 1 heterocycles. The van der Waals surface area contributed by atoms with Crippen LogP contribution >= 0.6 is 7.92 Å². The van der Waals surface area contributed by atoms with Gasteiger partial charge in [0, 0.05) is 6.29 Å². The summed E-state index contributed by atoms with van der Waals surface area (Å²) in [6.07, 6.45) is 4.30. The quantitative estimate of drug-likeness (QED) is 0.449. The van der Waals surface area contributed by atoms with Crippen LogP contribution in [0.2, 0.25) is 0 Å². The lowest BCUT2D eigenvalue weighted by Gasteiger charge is -2.27. The third-order valence-electron chi connectivity index (χ3n) is 1.56. The molecule has 0 bridgehead atoms. The summed E-state index contributed by atoms with van der Waals surface area (Å²) in [6.45, 7) is 3.72. The second-order valence-corrected chi connectivity index (χ2v) is 5.10. The first-order chi connectivity index (χ1) is 3.79. The van der Waals surface area contributed by atoms with Gasteiger partial charge in [-0.25, -0.2) is 0 Å². The minimum Gasteiger partial charge on any atom is -0.302 e. The normalized spacial score (nSPS) is 33.0. The molecule has 0 aliphatic carbocycles. The molecular formula is C6H14NP. The van der Waals surface area contributed by atoms with E-state index in [9.17, 15) is 0 Å². The molecule has 1 rings (SSSR count). The second kappa shape index (κ2) is 2.80. The van der Waals surface area contributed by atoms with Gasteiger partial charge in [-0.3, -0.25) is 0 Å². The van der Waals surface area contributed by atoms with Crippen LogP contribution in [0.4, 0.5) is 0 Å². The Kier molecular flexibility index (Phi) is 2.27. The summed E-state index contributed by atoms with van der Waals surface area (Å²) >= 11 is 0. The first kappa shape index (κ1) is 6.51. The Morgan fingerprint density at radius 3 is 2.62 bits per heavy atom. The molecule has 0 saturated carbocycles. The maximum Gasteiger partial charge on any atom is 0.0178 e. The fourth-order valence-corrected chi connectivity index (χ4v) is 2.95. The van der Waals surface area contributed by atoms with Crippen molar-refractivity contribution in [1.82, 2.24) is 4.90 Å². The van der Waals surface area contributed by atoms with Crippen molar-refractivity contribution in [3.8, 4) is 0 Å². The molecule has 0 aromatic rings.